The summed E-state index contributed by atoms with van der Waals surface area (Å²) < 4.78 is 0. The van der Waals surface area contributed by atoms with Gasteiger partial charge in [0.15, 0.2) is 0 Å². The van der Waals surface area contributed by atoms with Crippen LogP contribution >= 0.6 is 11.3 Å². The largest absolute Gasteiger partial charge is 0.389 e. The summed E-state index contributed by atoms with van der Waals surface area (Å²) in [6.07, 6.45) is 3.24. The van der Waals surface area contributed by atoms with Gasteiger partial charge in [-0.1, -0.05) is 50.2 Å². The normalized spacial score (nSPS) is 17.5. The maximum absolute atomic E-state index is 13.5. The Morgan fingerprint density at radius 1 is 1.10 bits per heavy atom. The Labute approximate surface area is 235 Å². The summed E-state index contributed by atoms with van der Waals surface area (Å²) in [5, 5.41) is 20.8. The molecule has 1 aliphatic heterocycles. The van der Waals surface area contributed by atoms with Gasteiger partial charge in [0.2, 0.25) is 0 Å². The number of aliphatic hydroxyl groups excluding tert-OH is 1. The maximum atomic E-state index is 13.5. The zero-order valence-corrected chi connectivity index (χ0v) is 23.9. The molecule has 2 amide bonds. The second-order valence-corrected chi connectivity index (χ2v) is 11.2. The van der Waals surface area contributed by atoms with Crippen molar-refractivity contribution in [2.45, 2.75) is 77.1 Å². The molecule has 0 bridgehead atoms. The topological polar surface area (TPSA) is 94.6 Å². The molecule has 1 fully saturated rings. The number of carbonyl (C=O) groups excluding carboxylic acids is 2. The lowest BCUT2D eigenvalue weighted by Gasteiger charge is -2.31. The van der Waals surface area contributed by atoms with Gasteiger partial charge < -0.3 is 20.6 Å². The molecule has 1 aliphatic rings. The van der Waals surface area contributed by atoms with Crippen molar-refractivity contribution in [2.24, 2.45) is 0 Å². The number of aryl methyl sites for hydroxylation is 1. The van der Waals surface area contributed by atoms with Crippen molar-refractivity contribution in [1.82, 2.24) is 20.5 Å². The minimum absolute atomic E-state index is 0.0271. The number of rotatable bonds is 12. The summed E-state index contributed by atoms with van der Waals surface area (Å²) in [5.74, 6) is -0.390. The molecule has 0 saturated carbocycles. The summed E-state index contributed by atoms with van der Waals surface area (Å²) in [6, 6.07) is 16.1. The predicted molar refractivity (Wildman–Crippen MR) is 156 cm³/mol. The summed E-state index contributed by atoms with van der Waals surface area (Å²) in [5.41, 5.74) is 2.89. The summed E-state index contributed by atoms with van der Waals surface area (Å²) in [6.45, 7) is 7.56. The molecule has 2 heterocycles. The van der Waals surface area contributed by atoms with Gasteiger partial charge in [-0.2, -0.15) is 0 Å². The summed E-state index contributed by atoms with van der Waals surface area (Å²) >= 11 is 1.59. The number of hydrogen-bond donors (Lipinski definition) is 3. The quantitative estimate of drug-likeness (QED) is 0.299. The van der Waals surface area contributed by atoms with E-state index in [0.717, 1.165) is 48.5 Å². The Balaban J connectivity index is 1.52. The monoisotopic (exact) mass is 548 g/mol. The van der Waals surface area contributed by atoms with Crippen molar-refractivity contribution in [1.29, 1.82) is 0 Å². The number of hydrogen-bond acceptors (Lipinski definition) is 6. The van der Waals surface area contributed by atoms with E-state index in [1.54, 1.807) is 35.6 Å². The van der Waals surface area contributed by atoms with Gasteiger partial charge in [0.1, 0.15) is 5.01 Å². The zero-order valence-electron chi connectivity index (χ0n) is 23.1. The highest BCUT2D eigenvalue weighted by atomic mass is 32.1. The Hall–Kier alpha value is -3.07. The number of aromatic nitrogens is 1. The van der Waals surface area contributed by atoms with E-state index in [1.165, 1.54) is 0 Å². The van der Waals surface area contributed by atoms with Crippen LogP contribution in [0, 0.1) is 6.92 Å². The number of aliphatic hydroxyl groups is 1. The molecule has 7 nitrogen and oxygen atoms in total. The minimum Gasteiger partial charge on any atom is -0.389 e. The van der Waals surface area contributed by atoms with Crippen molar-refractivity contribution < 1.29 is 14.7 Å². The molecule has 4 rings (SSSR count). The molecule has 1 aromatic heterocycles. The Bertz CT molecular complexity index is 1230. The third kappa shape index (κ3) is 7.32. The molecule has 39 heavy (non-hydrogen) atoms. The van der Waals surface area contributed by atoms with Crippen LogP contribution in [0.25, 0.3) is 0 Å². The van der Waals surface area contributed by atoms with Crippen LogP contribution in [-0.4, -0.2) is 58.1 Å². The van der Waals surface area contributed by atoms with E-state index >= 15 is 0 Å². The predicted octanol–water partition coefficient (Wildman–Crippen LogP) is 4.91. The molecule has 0 radical (unpaired) electrons. The fourth-order valence-electron chi connectivity index (χ4n) is 5.24. The van der Waals surface area contributed by atoms with E-state index < -0.39 is 12.1 Å². The van der Waals surface area contributed by atoms with E-state index in [-0.39, 0.29) is 23.9 Å². The highest BCUT2D eigenvalue weighted by molar-refractivity contribution is 7.09. The van der Waals surface area contributed by atoms with Gasteiger partial charge in [0.05, 0.1) is 18.2 Å². The number of nitrogens with zero attached hydrogens (tertiary/aromatic N) is 2. The number of carbonyl (C=O) groups is 2. The van der Waals surface area contributed by atoms with Crippen molar-refractivity contribution in [3.8, 4) is 0 Å². The lowest BCUT2D eigenvalue weighted by Crippen LogP contribution is -2.54. The van der Waals surface area contributed by atoms with Crippen molar-refractivity contribution >= 4 is 23.2 Å². The van der Waals surface area contributed by atoms with Gasteiger partial charge >= 0.3 is 0 Å². The lowest BCUT2D eigenvalue weighted by atomic mass is 9.94. The van der Waals surface area contributed by atoms with E-state index in [0.29, 0.717) is 24.1 Å². The first-order valence-electron chi connectivity index (χ1n) is 14.0. The van der Waals surface area contributed by atoms with E-state index in [9.17, 15) is 14.7 Å². The number of amides is 2. The Morgan fingerprint density at radius 2 is 1.87 bits per heavy atom. The number of thiazole rings is 1. The lowest BCUT2D eigenvalue weighted by molar-refractivity contribution is 0.0697. The fraction of sp³-hybridized carbons (Fsp3) is 0.452. The zero-order chi connectivity index (χ0) is 27.8. The summed E-state index contributed by atoms with van der Waals surface area (Å²) in [7, 11) is 0. The molecular formula is C31H40N4O3S. The second kappa shape index (κ2) is 13.8. The first-order chi connectivity index (χ1) is 18.9. The molecule has 2 aromatic carbocycles. The van der Waals surface area contributed by atoms with E-state index in [4.69, 9.17) is 0 Å². The summed E-state index contributed by atoms with van der Waals surface area (Å²) in [4.78, 5) is 33.5. The van der Waals surface area contributed by atoms with Gasteiger partial charge in [-0.3, -0.25) is 9.59 Å². The molecule has 1 saturated heterocycles. The Morgan fingerprint density at radius 3 is 2.56 bits per heavy atom. The van der Waals surface area contributed by atoms with Crippen molar-refractivity contribution in [3.05, 3.63) is 87.4 Å². The third-order valence-corrected chi connectivity index (χ3v) is 8.41. The minimum atomic E-state index is -0.775. The molecule has 8 heteroatoms. The van der Waals surface area contributed by atoms with Crippen LogP contribution in [0.1, 0.15) is 82.6 Å². The van der Waals surface area contributed by atoms with Crippen LogP contribution in [0.4, 0.5) is 0 Å². The molecule has 3 N–H and O–H groups in total. The van der Waals surface area contributed by atoms with Crippen LogP contribution in [0.3, 0.4) is 0 Å². The van der Waals surface area contributed by atoms with Gasteiger partial charge in [0.25, 0.3) is 11.8 Å². The maximum Gasteiger partial charge on any atom is 0.254 e. The SMILES string of the molecule is CCCN[C@H](CC)[C@@H](O)[C@H](Cc1ccccc1)NC(=O)c1cccc(C(=O)N2CCCC2c2nc(C)cs2)c1. The van der Waals surface area contributed by atoms with Crippen molar-refractivity contribution in [3.63, 3.8) is 0 Å². The van der Waals surface area contributed by atoms with E-state index in [1.807, 2.05) is 54.5 Å². The van der Waals surface area contributed by atoms with Crippen LogP contribution in [-0.2, 0) is 6.42 Å². The van der Waals surface area contributed by atoms with Crippen LogP contribution in [0.2, 0.25) is 0 Å². The highest BCUT2D eigenvalue weighted by Crippen LogP contribution is 2.34. The average Bonchev–Trinajstić information content (AvgIpc) is 3.62. The van der Waals surface area contributed by atoms with Gasteiger partial charge in [-0.25, -0.2) is 4.98 Å². The number of nitrogens with one attached hydrogen (secondary N) is 2. The molecule has 4 atom stereocenters. The number of benzene rings is 2. The smallest absolute Gasteiger partial charge is 0.254 e. The van der Waals surface area contributed by atoms with Crippen LogP contribution in [0.5, 0.6) is 0 Å². The van der Waals surface area contributed by atoms with Gasteiger partial charge in [0, 0.05) is 34.8 Å². The van der Waals surface area contributed by atoms with E-state index in [2.05, 4.69) is 22.5 Å². The van der Waals surface area contributed by atoms with Gasteiger partial charge in [-0.05, 0) is 69.3 Å². The van der Waals surface area contributed by atoms with Crippen LogP contribution < -0.4 is 10.6 Å². The fourth-order valence-corrected chi connectivity index (χ4v) is 6.19. The molecule has 0 spiro atoms. The van der Waals surface area contributed by atoms with Crippen LogP contribution in [0.15, 0.2) is 60.0 Å². The van der Waals surface area contributed by atoms with Gasteiger partial charge in [-0.15, -0.1) is 11.3 Å². The average molecular weight is 549 g/mol. The first-order valence-corrected chi connectivity index (χ1v) is 14.9. The standard InChI is InChI=1S/C31H40N4O3S/c1-4-16-32-25(5-2)28(36)26(18-22-11-7-6-8-12-22)34-29(37)23-13-9-14-24(19-23)31(38)35-17-10-15-27(35)30-33-21(3)20-39-30/h6-9,11-14,19-20,25-28,32,36H,4-5,10,15-18H2,1-3H3,(H,34,37)/t25-,26+,27?,28-/m1/s1. The Kier molecular flexibility index (Phi) is 10.3. The molecule has 1 unspecified atom stereocenters. The molecular weight excluding hydrogens is 508 g/mol. The molecule has 208 valence electrons. The highest BCUT2D eigenvalue weighted by Gasteiger charge is 2.33. The second-order valence-electron chi connectivity index (χ2n) is 10.3. The third-order valence-electron chi connectivity index (χ3n) is 7.34. The van der Waals surface area contributed by atoms with Crippen molar-refractivity contribution in [2.75, 3.05) is 13.1 Å². The first kappa shape index (κ1) is 28.9. The molecule has 0 aliphatic carbocycles. The number of likely N-dealkylation sites (tertiary alicyclic amines) is 1. The molecule has 3 aromatic rings.